The number of amides is 2. The molecule has 152 valence electrons. The van der Waals surface area contributed by atoms with Crippen molar-refractivity contribution in [1.82, 2.24) is 10.2 Å². The first-order chi connectivity index (χ1) is 14.1. The molecule has 0 unspecified atom stereocenters. The third-order valence-corrected chi connectivity index (χ3v) is 5.98. The molecule has 1 aliphatic heterocycles. The average Bonchev–Trinajstić information content (AvgIpc) is 2.75. The molecule has 0 saturated carbocycles. The lowest BCUT2D eigenvalue weighted by molar-refractivity contribution is -0.112. The maximum Gasteiger partial charge on any atom is 0.262 e. The second-order valence-corrected chi connectivity index (χ2v) is 7.90. The molecule has 1 heterocycles. The Bertz CT molecular complexity index is 889. The zero-order valence-electron chi connectivity index (χ0n) is 16.9. The van der Waals surface area contributed by atoms with Crippen LogP contribution in [-0.4, -0.2) is 42.9 Å². The molecule has 0 bridgehead atoms. The van der Waals surface area contributed by atoms with E-state index in [9.17, 15) is 9.59 Å². The van der Waals surface area contributed by atoms with E-state index in [-0.39, 0.29) is 11.8 Å². The van der Waals surface area contributed by atoms with Gasteiger partial charge in [0, 0.05) is 17.0 Å². The van der Waals surface area contributed by atoms with Gasteiger partial charge in [0.15, 0.2) is 0 Å². The number of carbonyl (C=O) groups excluding carboxylic acids is 2. The lowest BCUT2D eigenvalue weighted by Gasteiger charge is -2.18. The molecule has 29 heavy (non-hydrogen) atoms. The highest BCUT2D eigenvalue weighted by atomic mass is 32.2. The SMILES string of the molecule is CCN(CC)CCCNC(=O)c1ccc(/C=C2/Sc3ccccc3NC2=O)cc1. The molecule has 2 N–H and O–H groups in total. The van der Waals surface area contributed by atoms with Crippen molar-refractivity contribution in [1.29, 1.82) is 0 Å². The maximum absolute atomic E-state index is 12.3. The molecule has 6 heteroatoms. The first-order valence-electron chi connectivity index (χ1n) is 10.0. The predicted molar refractivity (Wildman–Crippen MR) is 120 cm³/mol. The summed E-state index contributed by atoms with van der Waals surface area (Å²) in [5.41, 5.74) is 2.36. The van der Waals surface area contributed by atoms with Crippen molar-refractivity contribution in [2.24, 2.45) is 0 Å². The van der Waals surface area contributed by atoms with E-state index in [1.807, 2.05) is 42.5 Å². The van der Waals surface area contributed by atoms with Gasteiger partial charge in [0.25, 0.3) is 11.8 Å². The van der Waals surface area contributed by atoms with Crippen LogP contribution < -0.4 is 10.6 Å². The standard InChI is InChI=1S/C23H27N3O2S/c1-3-26(4-2)15-7-14-24-22(27)18-12-10-17(11-13-18)16-21-23(28)25-19-8-5-6-9-20(19)29-21/h5-6,8-13,16H,3-4,7,14-15H2,1-2H3,(H,24,27)(H,25,28)/b21-16+. The zero-order valence-corrected chi connectivity index (χ0v) is 17.7. The van der Waals surface area contributed by atoms with Gasteiger partial charge in [-0.2, -0.15) is 0 Å². The topological polar surface area (TPSA) is 61.4 Å². The minimum atomic E-state index is -0.108. The number of nitrogens with one attached hydrogen (secondary N) is 2. The number of thioether (sulfide) groups is 1. The van der Waals surface area contributed by atoms with E-state index >= 15 is 0 Å². The van der Waals surface area contributed by atoms with Crippen molar-refractivity contribution < 1.29 is 9.59 Å². The van der Waals surface area contributed by atoms with Crippen LogP contribution >= 0.6 is 11.8 Å². The highest BCUT2D eigenvalue weighted by Gasteiger charge is 2.20. The van der Waals surface area contributed by atoms with Gasteiger partial charge in [0.1, 0.15) is 0 Å². The molecule has 1 aliphatic rings. The molecular weight excluding hydrogens is 382 g/mol. The first kappa shape index (κ1) is 21.1. The van der Waals surface area contributed by atoms with Crippen LogP contribution in [0.15, 0.2) is 58.3 Å². The number of hydrogen-bond acceptors (Lipinski definition) is 4. The molecule has 0 aliphatic carbocycles. The monoisotopic (exact) mass is 409 g/mol. The molecule has 2 aromatic rings. The Hall–Kier alpha value is -2.57. The molecule has 0 saturated heterocycles. The van der Waals surface area contributed by atoms with Gasteiger partial charge in [-0.05, 0) is 62.0 Å². The van der Waals surface area contributed by atoms with Crippen LogP contribution in [0.2, 0.25) is 0 Å². The van der Waals surface area contributed by atoms with Gasteiger partial charge < -0.3 is 15.5 Å². The zero-order chi connectivity index (χ0) is 20.6. The number of nitrogens with zero attached hydrogens (tertiary/aromatic N) is 1. The second-order valence-electron chi connectivity index (χ2n) is 6.82. The summed E-state index contributed by atoms with van der Waals surface area (Å²) in [6.45, 7) is 8.01. The van der Waals surface area contributed by atoms with E-state index in [0.29, 0.717) is 17.0 Å². The lowest BCUT2D eigenvalue weighted by Crippen LogP contribution is -2.29. The summed E-state index contributed by atoms with van der Waals surface area (Å²) in [6.07, 6.45) is 2.78. The average molecular weight is 410 g/mol. The smallest absolute Gasteiger partial charge is 0.262 e. The van der Waals surface area contributed by atoms with E-state index in [1.165, 1.54) is 11.8 Å². The number of anilines is 1. The normalized spacial score (nSPS) is 14.6. The van der Waals surface area contributed by atoms with Gasteiger partial charge in [-0.1, -0.05) is 49.9 Å². The van der Waals surface area contributed by atoms with Crippen molar-refractivity contribution in [3.8, 4) is 0 Å². The van der Waals surface area contributed by atoms with Crippen LogP contribution in [0.25, 0.3) is 6.08 Å². The minimum absolute atomic E-state index is 0.0672. The van der Waals surface area contributed by atoms with Crippen LogP contribution in [0.1, 0.15) is 36.2 Å². The van der Waals surface area contributed by atoms with E-state index in [0.717, 1.165) is 42.2 Å². The van der Waals surface area contributed by atoms with E-state index in [4.69, 9.17) is 0 Å². The number of carbonyl (C=O) groups is 2. The van der Waals surface area contributed by atoms with Crippen molar-refractivity contribution in [3.63, 3.8) is 0 Å². The van der Waals surface area contributed by atoms with E-state index < -0.39 is 0 Å². The number of rotatable bonds is 8. The Morgan fingerprint density at radius 2 is 1.83 bits per heavy atom. The number of hydrogen-bond donors (Lipinski definition) is 2. The fraction of sp³-hybridized carbons (Fsp3) is 0.304. The Kier molecular flexibility index (Phi) is 7.49. The van der Waals surface area contributed by atoms with Crippen molar-refractivity contribution >= 4 is 35.3 Å². The highest BCUT2D eigenvalue weighted by molar-refractivity contribution is 8.04. The minimum Gasteiger partial charge on any atom is -0.352 e. The summed E-state index contributed by atoms with van der Waals surface area (Å²) in [6, 6.07) is 15.1. The number of fused-ring (bicyclic) bond motifs is 1. The fourth-order valence-corrected chi connectivity index (χ4v) is 4.08. The second kappa shape index (κ2) is 10.3. The molecule has 3 rings (SSSR count). The molecule has 0 atom stereocenters. The predicted octanol–water partition coefficient (Wildman–Crippen LogP) is 4.23. The molecule has 0 spiro atoms. The third kappa shape index (κ3) is 5.71. The van der Waals surface area contributed by atoms with Gasteiger partial charge >= 0.3 is 0 Å². The molecule has 0 aromatic heterocycles. The molecular formula is C23H27N3O2S. The highest BCUT2D eigenvalue weighted by Crippen LogP contribution is 2.38. The molecule has 5 nitrogen and oxygen atoms in total. The molecule has 2 amide bonds. The summed E-state index contributed by atoms with van der Waals surface area (Å²) in [5, 5.41) is 5.88. The number of benzene rings is 2. The van der Waals surface area contributed by atoms with Gasteiger partial charge in [-0.25, -0.2) is 0 Å². The Balaban J connectivity index is 1.57. The third-order valence-electron chi connectivity index (χ3n) is 4.88. The van der Waals surface area contributed by atoms with Crippen LogP contribution in [0, 0.1) is 0 Å². The van der Waals surface area contributed by atoms with Crippen molar-refractivity contribution in [3.05, 3.63) is 64.6 Å². The number of para-hydroxylation sites is 1. The van der Waals surface area contributed by atoms with Crippen molar-refractivity contribution in [2.75, 3.05) is 31.5 Å². The Morgan fingerprint density at radius 1 is 1.10 bits per heavy atom. The van der Waals surface area contributed by atoms with Crippen LogP contribution in [0.3, 0.4) is 0 Å². The van der Waals surface area contributed by atoms with E-state index in [2.05, 4.69) is 29.4 Å². The Morgan fingerprint density at radius 3 is 2.55 bits per heavy atom. The summed E-state index contributed by atoms with van der Waals surface area (Å²) in [5.74, 6) is -0.175. The van der Waals surface area contributed by atoms with Crippen molar-refractivity contribution in [2.45, 2.75) is 25.2 Å². The lowest BCUT2D eigenvalue weighted by atomic mass is 10.1. The van der Waals surface area contributed by atoms with Crippen LogP contribution in [0.4, 0.5) is 5.69 Å². The van der Waals surface area contributed by atoms with Gasteiger partial charge in [0.2, 0.25) is 0 Å². The van der Waals surface area contributed by atoms with Gasteiger partial charge in [-0.3, -0.25) is 9.59 Å². The summed E-state index contributed by atoms with van der Waals surface area (Å²) < 4.78 is 0. The van der Waals surface area contributed by atoms with Gasteiger partial charge in [-0.15, -0.1) is 0 Å². The van der Waals surface area contributed by atoms with E-state index in [1.54, 1.807) is 12.1 Å². The fourth-order valence-electron chi connectivity index (χ4n) is 3.13. The quantitative estimate of drug-likeness (QED) is 0.506. The van der Waals surface area contributed by atoms with Crippen LogP contribution in [-0.2, 0) is 4.79 Å². The maximum atomic E-state index is 12.3. The van der Waals surface area contributed by atoms with Crippen LogP contribution in [0.5, 0.6) is 0 Å². The summed E-state index contributed by atoms with van der Waals surface area (Å²) in [4.78, 5) is 28.6. The van der Waals surface area contributed by atoms with Gasteiger partial charge in [0.05, 0.1) is 10.6 Å². The summed E-state index contributed by atoms with van der Waals surface area (Å²) in [7, 11) is 0. The molecule has 0 fully saturated rings. The Labute approximate surface area is 176 Å². The largest absolute Gasteiger partial charge is 0.352 e. The summed E-state index contributed by atoms with van der Waals surface area (Å²) >= 11 is 1.46. The molecule has 0 radical (unpaired) electrons. The first-order valence-corrected chi connectivity index (χ1v) is 10.8. The molecule has 2 aromatic carbocycles.